The molecule has 2 aromatic carbocycles. The van der Waals surface area contributed by atoms with Crippen molar-refractivity contribution >= 4 is 14.1 Å². The number of benzene rings is 2. The molecular formula is C18H22NO4P. The van der Waals surface area contributed by atoms with Crippen LogP contribution in [0.15, 0.2) is 60.7 Å². The number of nitrogens with one attached hydrogen (secondary N) is 1. The number of ether oxygens (including phenoxy) is 1. The quantitative estimate of drug-likeness (QED) is 0.581. The number of rotatable bonds is 8. The Kier molecular flexibility index (Phi) is 7.04. The Labute approximate surface area is 142 Å². The molecule has 1 N–H and O–H groups in total. The second-order valence-corrected chi connectivity index (χ2v) is 6.73. The minimum atomic E-state index is -2.61. The molecule has 0 heterocycles. The zero-order valence-electron chi connectivity index (χ0n) is 13.8. The molecule has 0 aliphatic carbocycles. The average molecular weight is 347 g/mol. The van der Waals surface area contributed by atoms with E-state index in [0.29, 0.717) is 5.75 Å². The average Bonchev–Trinajstić information content (AvgIpc) is 2.59. The van der Waals surface area contributed by atoms with E-state index in [1.807, 2.05) is 50.2 Å². The first-order chi connectivity index (χ1) is 11.6. The van der Waals surface area contributed by atoms with Gasteiger partial charge in [0.2, 0.25) is 0 Å². The third kappa shape index (κ3) is 5.84. The largest absolute Gasteiger partial charge is 0.460 e. The fourth-order valence-corrected chi connectivity index (χ4v) is 3.18. The van der Waals surface area contributed by atoms with Crippen LogP contribution >= 0.6 is 8.18 Å². The van der Waals surface area contributed by atoms with Gasteiger partial charge in [0.05, 0.1) is 0 Å². The predicted octanol–water partition coefficient (Wildman–Crippen LogP) is 3.81. The van der Waals surface area contributed by atoms with Crippen molar-refractivity contribution < 1.29 is 18.6 Å². The van der Waals surface area contributed by atoms with Gasteiger partial charge < -0.3 is 9.26 Å². The fourth-order valence-electron chi connectivity index (χ4n) is 2.07. The van der Waals surface area contributed by atoms with E-state index < -0.39 is 20.2 Å². The first-order valence-corrected chi connectivity index (χ1v) is 9.12. The van der Waals surface area contributed by atoms with E-state index in [0.717, 1.165) is 5.56 Å². The van der Waals surface area contributed by atoms with Crippen molar-refractivity contribution in [3.63, 3.8) is 0 Å². The summed E-state index contributed by atoms with van der Waals surface area (Å²) in [4.78, 5) is 12.3. The molecule has 0 spiro atoms. The highest BCUT2D eigenvalue weighted by Crippen LogP contribution is 2.25. The Hall–Kier alpha value is -2.10. The summed E-state index contributed by atoms with van der Waals surface area (Å²) >= 11 is 0. The zero-order valence-corrected chi connectivity index (χ0v) is 14.8. The molecule has 24 heavy (non-hydrogen) atoms. The van der Waals surface area contributed by atoms with E-state index in [1.165, 1.54) is 0 Å². The molecule has 6 heteroatoms. The Balaban J connectivity index is 1.90. The third-order valence-corrected chi connectivity index (χ3v) is 4.34. The maximum absolute atomic E-state index is 12.3. The van der Waals surface area contributed by atoms with Crippen molar-refractivity contribution in [3.8, 4) is 5.75 Å². The van der Waals surface area contributed by atoms with Gasteiger partial charge in [0.1, 0.15) is 18.4 Å². The van der Waals surface area contributed by atoms with Crippen LogP contribution in [0.5, 0.6) is 5.75 Å². The minimum Gasteiger partial charge on any atom is -0.460 e. The molecule has 0 bridgehead atoms. The summed E-state index contributed by atoms with van der Waals surface area (Å²) in [7, 11) is -2.61. The number of hydrogen-bond donors (Lipinski definition) is 1. The lowest BCUT2D eigenvalue weighted by atomic mass is 10.1. The van der Waals surface area contributed by atoms with E-state index >= 15 is 0 Å². The van der Waals surface area contributed by atoms with Crippen molar-refractivity contribution in [3.05, 3.63) is 66.2 Å². The van der Waals surface area contributed by atoms with Gasteiger partial charge >= 0.3 is 14.1 Å². The molecule has 0 radical (unpaired) electrons. The van der Waals surface area contributed by atoms with Crippen LogP contribution in [0.3, 0.4) is 0 Å². The summed E-state index contributed by atoms with van der Waals surface area (Å²) in [5, 5.41) is 2.75. The van der Waals surface area contributed by atoms with Crippen molar-refractivity contribution in [2.75, 3.05) is 0 Å². The van der Waals surface area contributed by atoms with Crippen molar-refractivity contribution in [2.45, 2.75) is 26.5 Å². The first kappa shape index (κ1) is 18.2. The third-order valence-electron chi connectivity index (χ3n) is 3.37. The molecule has 0 saturated carbocycles. The summed E-state index contributed by atoms with van der Waals surface area (Å²) < 4.78 is 22.8. The Morgan fingerprint density at radius 3 is 2.21 bits per heavy atom. The van der Waals surface area contributed by atoms with Gasteiger partial charge in [-0.05, 0) is 23.6 Å². The number of para-hydroxylation sites is 1. The molecule has 2 rings (SSSR count). The van der Waals surface area contributed by atoms with Gasteiger partial charge in [0, 0.05) is 0 Å². The summed E-state index contributed by atoms with van der Waals surface area (Å²) in [5.74, 6) is -0.0282. The van der Waals surface area contributed by atoms with E-state index in [-0.39, 0.29) is 12.5 Å². The first-order valence-electron chi connectivity index (χ1n) is 7.80. The molecule has 0 aliphatic heterocycles. The fraction of sp³-hybridized carbons (Fsp3) is 0.278. The summed E-state index contributed by atoms with van der Waals surface area (Å²) in [6, 6.07) is 17.6. The number of esters is 1. The SMILES string of the molecule is CC(C)C(N[PH](=O)Oc1ccccc1)C(=O)OCc1ccccc1. The molecule has 0 aliphatic rings. The highest BCUT2D eigenvalue weighted by molar-refractivity contribution is 7.37. The maximum Gasteiger partial charge on any atom is 0.324 e. The van der Waals surface area contributed by atoms with Crippen LogP contribution in [0.1, 0.15) is 19.4 Å². The molecule has 2 aromatic rings. The van der Waals surface area contributed by atoms with Crippen LogP contribution < -0.4 is 9.61 Å². The van der Waals surface area contributed by atoms with Gasteiger partial charge in [-0.15, -0.1) is 0 Å². The van der Waals surface area contributed by atoms with E-state index in [9.17, 15) is 9.36 Å². The van der Waals surface area contributed by atoms with Crippen LogP contribution in [0.2, 0.25) is 0 Å². The lowest BCUT2D eigenvalue weighted by Crippen LogP contribution is -2.39. The second-order valence-electron chi connectivity index (χ2n) is 5.66. The van der Waals surface area contributed by atoms with E-state index in [1.54, 1.807) is 24.3 Å². The lowest BCUT2D eigenvalue weighted by Gasteiger charge is -2.20. The summed E-state index contributed by atoms with van der Waals surface area (Å²) in [6.07, 6.45) is 0. The van der Waals surface area contributed by atoms with Crippen molar-refractivity contribution in [1.29, 1.82) is 0 Å². The predicted molar refractivity (Wildman–Crippen MR) is 94.1 cm³/mol. The number of carbonyl (C=O) groups is 1. The summed E-state index contributed by atoms with van der Waals surface area (Å²) in [5.41, 5.74) is 0.904. The molecule has 0 amide bonds. The van der Waals surface area contributed by atoms with E-state index in [2.05, 4.69) is 5.09 Å². The monoisotopic (exact) mass is 347 g/mol. The van der Waals surface area contributed by atoms with Crippen LogP contribution in [0.25, 0.3) is 0 Å². The zero-order chi connectivity index (χ0) is 17.4. The molecule has 5 nitrogen and oxygen atoms in total. The number of carbonyl (C=O) groups excluding carboxylic acids is 1. The second kappa shape index (κ2) is 9.26. The van der Waals surface area contributed by atoms with Crippen molar-refractivity contribution in [1.82, 2.24) is 5.09 Å². The van der Waals surface area contributed by atoms with Gasteiger partial charge in [0.25, 0.3) is 0 Å². The van der Waals surface area contributed by atoms with Gasteiger partial charge in [-0.2, -0.15) is 0 Å². The number of hydrogen-bond acceptors (Lipinski definition) is 4. The highest BCUT2D eigenvalue weighted by Gasteiger charge is 2.25. The van der Waals surface area contributed by atoms with Gasteiger partial charge in [-0.25, -0.2) is 5.09 Å². The molecule has 2 unspecified atom stereocenters. The van der Waals surface area contributed by atoms with Gasteiger partial charge in [-0.1, -0.05) is 62.4 Å². The van der Waals surface area contributed by atoms with Crippen molar-refractivity contribution in [2.24, 2.45) is 5.92 Å². The van der Waals surface area contributed by atoms with E-state index in [4.69, 9.17) is 9.26 Å². The molecule has 0 fully saturated rings. The lowest BCUT2D eigenvalue weighted by molar-refractivity contribution is -0.148. The minimum absolute atomic E-state index is 0.0819. The normalized spacial score (nSPS) is 13.3. The molecular weight excluding hydrogens is 325 g/mol. The maximum atomic E-state index is 12.3. The standard InChI is InChI=1S/C18H22NO4P/c1-14(2)17(18(20)22-13-15-9-5-3-6-10-15)19-24(21)23-16-11-7-4-8-12-16/h3-12,14,17,24H,13H2,1-2H3,(H,19,21). The Morgan fingerprint density at radius 1 is 1.04 bits per heavy atom. The Bertz CT molecular complexity index is 661. The molecule has 128 valence electrons. The Morgan fingerprint density at radius 2 is 1.62 bits per heavy atom. The highest BCUT2D eigenvalue weighted by atomic mass is 31.1. The van der Waals surface area contributed by atoms with Crippen LogP contribution in [0, 0.1) is 5.92 Å². The van der Waals surface area contributed by atoms with Gasteiger partial charge in [0.15, 0.2) is 0 Å². The topological polar surface area (TPSA) is 64.6 Å². The smallest absolute Gasteiger partial charge is 0.324 e. The van der Waals surface area contributed by atoms with Crippen LogP contribution in [-0.4, -0.2) is 12.0 Å². The van der Waals surface area contributed by atoms with Crippen LogP contribution in [0.4, 0.5) is 0 Å². The van der Waals surface area contributed by atoms with Crippen LogP contribution in [-0.2, 0) is 20.7 Å². The van der Waals surface area contributed by atoms with Gasteiger partial charge in [-0.3, -0.25) is 9.36 Å². The molecule has 0 aromatic heterocycles. The molecule has 2 atom stereocenters. The molecule has 0 saturated heterocycles. The summed E-state index contributed by atoms with van der Waals surface area (Å²) in [6.45, 7) is 3.91.